The van der Waals surface area contributed by atoms with Crippen LogP contribution in [0.15, 0.2) is 12.4 Å². The first-order valence-corrected chi connectivity index (χ1v) is 3.95. The zero-order valence-electron chi connectivity index (χ0n) is 8.87. The number of carbonyl (C=O) groups excluding carboxylic acids is 1. The van der Waals surface area contributed by atoms with Crippen molar-refractivity contribution in [3.05, 3.63) is 23.8 Å². The first-order chi connectivity index (χ1) is 5.91. The van der Waals surface area contributed by atoms with Crippen LogP contribution in [0.2, 0.25) is 0 Å². The molecule has 1 aromatic rings. The van der Waals surface area contributed by atoms with Crippen LogP contribution in [-0.2, 0) is 5.41 Å². The van der Waals surface area contributed by atoms with Crippen LogP contribution in [-0.4, -0.2) is 15.9 Å². The molecule has 0 amide bonds. The van der Waals surface area contributed by atoms with Gasteiger partial charge in [0.25, 0.3) is 0 Å². The van der Waals surface area contributed by atoms with Crippen molar-refractivity contribution in [2.75, 3.05) is 0 Å². The van der Waals surface area contributed by atoms with E-state index < -0.39 is 5.97 Å². The van der Waals surface area contributed by atoms with Gasteiger partial charge in [0.1, 0.15) is 5.82 Å². The Bertz CT molecular complexity index is 317. The Balaban J connectivity index is 0.00000169. The largest absolute Gasteiger partial charge is 1.00 e. The first kappa shape index (κ1) is 13.5. The summed E-state index contributed by atoms with van der Waals surface area (Å²) < 4.78 is 0. The predicted molar refractivity (Wildman–Crippen MR) is 45.1 cm³/mol. The molecule has 0 fully saturated rings. The Morgan fingerprint density at radius 3 is 2.00 bits per heavy atom. The van der Waals surface area contributed by atoms with Gasteiger partial charge < -0.3 is 9.90 Å². The van der Waals surface area contributed by atoms with Gasteiger partial charge in [-0.3, -0.25) is 0 Å². The fourth-order valence-electron chi connectivity index (χ4n) is 0.821. The SMILES string of the molecule is CC(C)(C)c1ncc(C(=O)[O-])cn1.[Na+]. The quantitative estimate of drug-likeness (QED) is 0.459. The van der Waals surface area contributed by atoms with Gasteiger partial charge in [-0.15, -0.1) is 0 Å². The summed E-state index contributed by atoms with van der Waals surface area (Å²) in [4.78, 5) is 18.2. The van der Waals surface area contributed by atoms with Crippen LogP contribution in [0.25, 0.3) is 0 Å². The van der Waals surface area contributed by atoms with Crippen LogP contribution in [0, 0.1) is 0 Å². The van der Waals surface area contributed by atoms with Gasteiger partial charge in [0.15, 0.2) is 0 Å². The van der Waals surface area contributed by atoms with Crippen molar-refractivity contribution in [3.63, 3.8) is 0 Å². The summed E-state index contributed by atoms with van der Waals surface area (Å²) in [5, 5.41) is 10.4. The molecule has 0 aliphatic carbocycles. The number of aromatic carboxylic acids is 1. The number of carboxylic acid groups (broad SMARTS) is 1. The van der Waals surface area contributed by atoms with Crippen LogP contribution < -0.4 is 34.7 Å². The predicted octanol–water partition coefficient (Wildman–Crippen LogP) is -2.86. The van der Waals surface area contributed by atoms with Crippen LogP contribution in [0.3, 0.4) is 0 Å². The van der Waals surface area contributed by atoms with Crippen molar-refractivity contribution in [1.82, 2.24) is 9.97 Å². The molecular formula is C9H11N2NaO2. The van der Waals surface area contributed by atoms with E-state index in [1.54, 1.807) is 0 Å². The Morgan fingerprint density at radius 2 is 1.71 bits per heavy atom. The minimum atomic E-state index is -1.25. The molecule has 0 atom stereocenters. The summed E-state index contributed by atoms with van der Waals surface area (Å²) in [7, 11) is 0. The fraction of sp³-hybridized carbons (Fsp3) is 0.444. The minimum absolute atomic E-state index is 0. The summed E-state index contributed by atoms with van der Waals surface area (Å²) in [6, 6.07) is 0. The molecule has 1 heterocycles. The number of hydrogen-bond acceptors (Lipinski definition) is 4. The molecule has 0 aliphatic heterocycles. The van der Waals surface area contributed by atoms with Crippen molar-refractivity contribution in [2.24, 2.45) is 0 Å². The standard InChI is InChI=1S/C9H12N2O2.Na/c1-9(2,3)8-10-4-6(5-11-8)7(12)13;/h4-5H,1-3H3,(H,12,13);/q;+1/p-1. The average molecular weight is 202 g/mol. The number of hydrogen-bond donors (Lipinski definition) is 0. The van der Waals surface area contributed by atoms with Crippen LogP contribution >= 0.6 is 0 Å². The molecular weight excluding hydrogens is 191 g/mol. The first-order valence-electron chi connectivity index (χ1n) is 3.95. The third kappa shape index (κ3) is 3.36. The van der Waals surface area contributed by atoms with Crippen molar-refractivity contribution in [3.8, 4) is 0 Å². The molecule has 0 saturated heterocycles. The molecule has 14 heavy (non-hydrogen) atoms. The Kier molecular flexibility index (Phi) is 4.71. The fourth-order valence-corrected chi connectivity index (χ4v) is 0.821. The van der Waals surface area contributed by atoms with E-state index in [4.69, 9.17) is 0 Å². The third-order valence-electron chi connectivity index (χ3n) is 1.56. The maximum absolute atomic E-state index is 10.4. The summed E-state index contributed by atoms with van der Waals surface area (Å²) >= 11 is 0. The molecule has 5 heteroatoms. The number of rotatable bonds is 1. The Hall–Kier alpha value is -0.450. The van der Waals surface area contributed by atoms with Gasteiger partial charge in [-0.25, -0.2) is 9.97 Å². The normalized spacial score (nSPS) is 10.5. The van der Waals surface area contributed by atoms with E-state index in [9.17, 15) is 9.90 Å². The molecule has 0 saturated carbocycles. The molecule has 70 valence electrons. The van der Waals surface area contributed by atoms with Crippen molar-refractivity contribution < 1.29 is 39.5 Å². The van der Waals surface area contributed by atoms with Gasteiger partial charge in [-0.05, 0) is 0 Å². The second-order valence-electron chi connectivity index (χ2n) is 3.83. The van der Waals surface area contributed by atoms with E-state index in [1.165, 1.54) is 12.4 Å². The van der Waals surface area contributed by atoms with E-state index in [-0.39, 0.29) is 40.5 Å². The Labute approximate surface area is 105 Å². The number of carboxylic acids is 1. The molecule has 0 radical (unpaired) electrons. The summed E-state index contributed by atoms with van der Waals surface area (Å²) in [6.45, 7) is 5.88. The maximum Gasteiger partial charge on any atom is 1.00 e. The van der Waals surface area contributed by atoms with Crippen LogP contribution in [0.4, 0.5) is 0 Å². The Morgan fingerprint density at radius 1 is 1.29 bits per heavy atom. The molecule has 1 aromatic heterocycles. The third-order valence-corrected chi connectivity index (χ3v) is 1.56. The molecule has 0 spiro atoms. The number of carbonyl (C=O) groups is 1. The van der Waals surface area contributed by atoms with E-state index in [1.807, 2.05) is 20.8 Å². The van der Waals surface area contributed by atoms with Gasteiger partial charge in [0, 0.05) is 23.4 Å². The van der Waals surface area contributed by atoms with Crippen molar-refractivity contribution in [2.45, 2.75) is 26.2 Å². The molecule has 4 nitrogen and oxygen atoms in total. The molecule has 1 rings (SSSR count). The van der Waals surface area contributed by atoms with Gasteiger partial charge in [-0.1, -0.05) is 20.8 Å². The van der Waals surface area contributed by atoms with Gasteiger partial charge in [-0.2, -0.15) is 0 Å². The number of nitrogens with zero attached hydrogens (tertiary/aromatic N) is 2. The molecule has 0 unspecified atom stereocenters. The van der Waals surface area contributed by atoms with Crippen molar-refractivity contribution in [1.29, 1.82) is 0 Å². The topological polar surface area (TPSA) is 65.9 Å². The summed E-state index contributed by atoms with van der Waals surface area (Å²) in [6.07, 6.45) is 2.53. The molecule has 0 aromatic carbocycles. The van der Waals surface area contributed by atoms with Crippen molar-refractivity contribution >= 4 is 5.97 Å². The van der Waals surface area contributed by atoms with Gasteiger partial charge in [0.2, 0.25) is 0 Å². The van der Waals surface area contributed by atoms with E-state index in [0.29, 0.717) is 5.82 Å². The molecule has 0 aliphatic rings. The number of aromatic nitrogens is 2. The second kappa shape index (κ2) is 4.87. The zero-order valence-corrected chi connectivity index (χ0v) is 10.9. The molecule has 0 N–H and O–H groups in total. The summed E-state index contributed by atoms with van der Waals surface area (Å²) in [5.41, 5.74) is -0.155. The summed E-state index contributed by atoms with van der Waals surface area (Å²) in [5.74, 6) is -0.627. The van der Waals surface area contributed by atoms with E-state index in [2.05, 4.69) is 9.97 Å². The maximum atomic E-state index is 10.4. The van der Waals surface area contributed by atoms with E-state index in [0.717, 1.165) is 0 Å². The monoisotopic (exact) mass is 202 g/mol. The van der Waals surface area contributed by atoms with Crippen LogP contribution in [0.1, 0.15) is 37.0 Å². The van der Waals surface area contributed by atoms with Crippen LogP contribution in [0.5, 0.6) is 0 Å². The average Bonchev–Trinajstić information content (AvgIpc) is 2.03. The molecule has 0 bridgehead atoms. The van der Waals surface area contributed by atoms with Gasteiger partial charge in [0.05, 0.1) is 5.97 Å². The zero-order chi connectivity index (χ0) is 10.1. The van der Waals surface area contributed by atoms with E-state index >= 15 is 0 Å². The minimum Gasteiger partial charge on any atom is -0.545 e. The van der Waals surface area contributed by atoms with Gasteiger partial charge >= 0.3 is 29.6 Å². The second-order valence-corrected chi connectivity index (χ2v) is 3.83. The smallest absolute Gasteiger partial charge is 0.545 e.